The van der Waals surface area contributed by atoms with Crippen LogP contribution in [0.15, 0.2) is 18.2 Å². The maximum atomic E-state index is 13.2. The first-order chi connectivity index (χ1) is 8.80. The molecule has 0 amide bonds. The Bertz CT molecular complexity index is 615. The van der Waals surface area contributed by atoms with Crippen molar-refractivity contribution in [1.82, 2.24) is 0 Å². The summed E-state index contributed by atoms with van der Waals surface area (Å²) in [5.74, 6) is -0.574. The SMILES string of the molecule is CC1CS(=O)(=O)CCN1c1ccc(F)cc1C(=N)N. The van der Waals surface area contributed by atoms with Crippen molar-refractivity contribution >= 4 is 21.4 Å². The van der Waals surface area contributed by atoms with Gasteiger partial charge < -0.3 is 10.6 Å². The van der Waals surface area contributed by atoms with Gasteiger partial charge in [-0.05, 0) is 25.1 Å². The number of sulfone groups is 1. The highest BCUT2D eigenvalue weighted by Gasteiger charge is 2.29. The van der Waals surface area contributed by atoms with Gasteiger partial charge in [-0.3, -0.25) is 5.41 Å². The van der Waals surface area contributed by atoms with E-state index >= 15 is 0 Å². The van der Waals surface area contributed by atoms with Gasteiger partial charge in [0.05, 0.1) is 11.5 Å². The third kappa shape index (κ3) is 2.86. The third-order valence-corrected chi connectivity index (χ3v) is 5.02. The second-order valence-electron chi connectivity index (χ2n) is 4.73. The number of hydrogen-bond donors (Lipinski definition) is 2. The molecule has 0 aliphatic carbocycles. The molecular formula is C12H16FN3O2S. The molecule has 1 aromatic rings. The Morgan fingerprint density at radius 2 is 2.21 bits per heavy atom. The van der Waals surface area contributed by atoms with Crippen LogP contribution >= 0.6 is 0 Å². The number of halogens is 1. The molecule has 5 nitrogen and oxygen atoms in total. The molecule has 0 spiro atoms. The number of rotatable bonds is 2. The van der Waals surface area contributed by atoms with Crippen LogP contribution in [0.3, 0.4) is 0 Å². The molecule has 3 N–H and O–H groups in total. The van der Waals surface area contributed by atoms with Gasteiger partial charge in [0.2, 0.25) is 0 Å². The summed E-state index contributed by atoms with van der Waals surface area (Å²) in [6, 6.07) is 3.81. The number of hydrogen-bond acceptors (Lipinski definition) is 4. The standard InChI is InChI=1S/C12H16FN3O2S/c1-8-7-19(17,18)5-4-16(8)11-3-2-9(13)6-10(11)12(14)15/h2-3,6,8H,4-5,7H2,1H3,(H3,14,15). The largest absolute Gasteiger partial charge is 0.384 e. The smallest absolute Gasteiger partial charge is 0.154 e. The maximum Gasteiger partial charge on any atom is 0.154 e. The summed E-state index contributed by atoms with van der Waals surface area (Å²) in [7, 11) is -3.01. The topological polar surface area (TPSA) is 87.2 Å². The summed E-state index contributed by atoms with van der Waals surface area (Å²) in [5, 5.41) is 7.50. The van der Waals surface area contributed by atoms with Crippen LogP contribution in [0.5, 0.6) is 0 Å². The highest BCUT2D eigenvalue weighted by molar-refractivity contribution is 7.91. The molecule has 0 saturated carbocycles. The average molecular weight is 285 g/mol. The molecule has 1 saturated heterocycles. The number of amidine groups is 1. The summed E-state index contributed by atoms with van der Waals surface area (Å²) in [5.41, 5.74) is 6.37. The highest BCUT2D eigenvalue weighted by atomic mass is 32.2. The highest BCUT2D eigenvalue weighted by Crippen LogP contribution is 2.26. The molecule has 2 rings (SSSR count). The van der Waals surface area contributed by atoms with Crippen LogP contribution in [0, 0.1) is 11.2 Å². The van der Waals surface area contributed by atoms with E-state index < -0.39 is 15.7 Å². The molecule has 1 unspecified atom stereocenters. The van der Waals surface area contributed by atoms with Gasteiger partial charge in [-0.2, -0.15) is 0 Å². The molecule has 1 heterocycles. The van der Waals surface area contributed by atoms with Crippen molar-refractivity contribution in [3.63, 3.8) is 0 Å². The van der Waals surface area contributed by atoms with Crippen LogP contribution in [0.1, 0.15) is 12.5 Å². The summed E-state index contributed by atoms with van der Waals surface area (Å²) in [4.78, 5) is 1.86. The number of benzene rings is 1. The first-order valence-corrected chi connectivity index (χ1v) is 7.73. The number of anilines is 1. The fourth-order valence-electron chi connectivity index (χ4n) is 2.33. The summed E-state index contributed by atoms with van der Waals surface area (Å²) in [6.45, 7) is 2.12. The van der Waals surface area contributed by atoms with Gasteiger partial charge >= 0.3 is 0 Å². The summed E-state index contributed by atoms with van der Waals surface area (Å²) in [6.07, 6.45) is 0. The van der Waals surface area contributed by atoms with Gasteiger partial charge in [-0.25, -0.2) is 12.8 Å². The lowest BCUT2D eigenvalue weighted by atomic mass is 10.1. The van der Waals surface area contributed by atoms with Gasteiger partial charge in [0, 0.05) is 23.8 Å². The fourth-order valence-corrected chi connectivity index (χ4v) is 3.89. The van der Waals surface area contributed by atoms with Gasteiger partial charge in [0.25, 0.3) is 0 Å². The Morgan fingerprint density at radius 1 is 1.53 bits per heavy atom. The summed E-state index contributed by atoms with van der Waals surface area (Å²) >= 11 is 0. The Labute approximate surface area is 111 Å². The minimum Gasteiger partial charge on any atom is -0.384 e. The molecule has 1 aliphatic rings. The Kier molecular flexibility index (Phi) is 3.49. The zero-order valence-electron chi connectivity index (χ0n) is 10.6. The molecule has 0 aromatic heterocycles. The number of nitrogens with one attached hydrogen (secondary N) is 1. The summed E-state index contributed by atoms with van der Waals surface area (Å²) < 4.78 is 36.3. The number of nitrogen functional groups attached to an aromatic ring is 1. The molecule has 104 valence electrons. The Balaban J connectivity index is 2.40. The van der Waals surface area contributed by atoms with Crippen molar-refractivity contribution in [1.29, 1.82) is 5.41 Å². The van der Waals surface area contributed by atoms with Crippen LogP contribution in [-0.4, -0.2) is 38.3 Å². The van der Waals surface area contributed by atoms with E-state index in [1.54, 1.807) is 13.0 Å². The fraction of sp³-hybridized carbons (Fsp3) is 0.417. The Hall–Kier alpha value is -1.63. The van der Waals surface area contributed by atoms with Crippen LogP contribution in [-0.2, 0) is 9.84 Å². The molecule has 7 heteroatoms. The van der Waals surface area contributed by atoms with E-state index in [0.717, 1.165) is 0 Å². The predicted molar refractivity (Wildman–Crippen MR) is 72.9 cm³/mol. The van der Waals surface area contributed by atoms with E-state index in [1.807, 2.05) is 4.90 Å². The van der Waals surface area contributed by atoms with Crippen molar-refractivity contribution in [3.8, 4) is 0 Å². The van der Waals surface area contributed by atoms with E-state index in [4.69, 9.17) is 11.1 Å². The second kappa shape index (κ2) is 4.80. The van der Waals surface area contributed by atoms with Crippen molar-refractivity contribution in [2.75, 3.05) is 23.0 Å². The normalized spacial score (nSPS) is 22.2. The molecular weight excluding hydrogens is 269 g/mol. The zero-order valence-corrected chi connectivity index (χ0v) is 11.4. The molecule has 0 radical (unpaired) electrons. The van der Waals surface area contributed by atoms with Crippen molar-refractivity contribution in [3.05, 3.63) is 29.6 Å². The van der Waals surface area contributed by atoms with Crippen LogP contribution < -0.4 is 10.6 Å². The minimum absolute atomic E-state index is 0.0573. The Morgan fingerprint density at radius 3 is 2.79 bits per heavy atom. The molecule has 1 aliphatic heterocycles. The first-order valence-electron chi connectivity index (χ1n) is 5.91. The molecule has 19 heavy (non-hydrogen) atoms. The molecule has 1 atom stereocenters. The van der Waals surface area contributed by atoms with Gasteiger partial charge in [-0.15, -0.1) is 0 Å². The monoisotopic (exact) mass is 285 g/mol. The average Bonchev–Trinajstić information content (AvgIpc) is 2.28. The first kappa shape index (κ1) is 13.8. The van der Waals surface area contributed by atoms with Gasteiger partial charge in [-0.1, -0.05) is 0 Å². The van der Waals surface area contributed by atoms with E-state index in [0.29, 0.717) is 17.8 Å². The van der Waals surface area contributed by atoms with Crippen LogP contribution in [0.4, 0.5) is 10.1 Å². The van der Waals surface area contributed by atoms with Crippen molar-refractivity contribution in [2.45, 2.75) is 13.0 Å². The zero-order chi connectivity index (χ0) is 14.2. The quantitative estimate of drug-likeness (QED) is 0.619. The third-order valence-electron chi connectivity index (χ3n) is 3.23. The van der Waals surface area contributed by atoms with Gasteiger partial charge in [0.15, 0.2) is 9.84 Å². The van der Waals surface area contributed by atoms with E-state index in [9.17, 15) is 12.8 Å². The number of nitrogens with zero attached hydrogens (tertiary/aromatic N) is 1. The lowest BCUT2D eigenvalue weighted by molar-refractivity contribution is 0.567. The lowest BCUT2D eigenvalue weighted by Gasteiger charge is -2.36. The van der Waals surface area contributed by atoms with E-state index in [2.05, 4.69) is 0 Å². The second-order valence-corrected chi connectivity index (χ2v) is 6.96. The molecule has 1 aromatic carbocycles. The lowest BCUT2D eigenvalue weighted by Crippen LogP contribution is -2.47. The van der Waals surface area contributed by atoms with Crippen molar-refractivity contribution in [2.24, 2.45) is 5.73 Å². The van der Waals surface area contributed by atoms with Crippen LogP contribution in [0.25, 0.3) is 0 Å². The van der Waals surface area contributed by atoms with Gasteiger partial charge in [0.1, 0.15) is 11.7 Å². The maximum absolute atomic E-state index is 13.2. The van der Waals surface area contributed by atoms with Crippen LogP contribution in [0.2, 0.25) is 0 Å². The molecule has 0 bridgehead atoms. The number of nitrogens with two attached hydrogens (primary N) is 1. The molecule has 1 fully saturated rings. The minimum atomic E-state index is -3.01. The van der Waals surface area contributed by atoms with E-state index in [-0.39, 0.29) is 23.4 Å². The van der Waals surface area contributed by atoms with Crippen molar-refractivity contribution < 1.29 is 12.8 Å². The van der Waals surface area contributed by atoms with E-state index in [1.165, 1.54) is 12.1 Å². The predicted octanol–water partition coefficient (Wildman–Crippen LogP) is 0.733.